The van der Waals surface area contributed by atoms with Crippen molar-refractivity contribution in [1.82, 2.24) is 0 Å². The fraction of sp³-hybridized carbons (Fsp3) is 0.600. The Bertz CT molecular complexity index is 266. The summed E-state index contributed by atoms with van der Waals surface area (Å²) in [7, 11) is 0. The summed E-state index contributed by atoms with van der Waals surface area (Å²) in [6.07, 6.45) is 5.71. The van der Waals surface area contributed by atoms with Crippen LogP contribution in [0.3, 0.4) is 0 Å². The van der Waals surface area contributed by atoms with Crippen LogP contribution in [-0.2, 0) is 11.3 Å². The quantitative estimate of drug-likeness (QED) is 0.800. The summed E-state index contributed by atoms with van der Waals surface area (Å²) in [5.41, 5.74) is 1.29. The highest BCUT2D eigenvalue weighted by Crippen LogP contribution is 2.27. The lowest BCUT2D eigenvalue weighted by atomic mass is 10.3. The van der Waals surface area contributed by atoms with Crippen molar-refractivity contribution in [3.63, 3.8) is 0 Å². The first-order chi connectivity index (χ1) is 6.36. The highest BCUT2D eigenvalue weighted by molar-refractivity contribution is 9.11. The number of thiophene rings is 1. The number of rotatable bonds is 3. The zero-order valence-corrected chi connectivity index (χ0v) is 9.86. The van der Waals surface area contributed by atoms with Gasteiger partial charge in [-0.2, -0.15) is 0 Å². The smallest absolute Gasteiger partial charge is 0.0753 e. The van der Waals surface area contributed by atoms with Gasteiger partial charge in [0.1, 0.15) is 0 Å². The molecule has 0 atom stereocenters. The third-order valence-corrected chi connectivity index (χ3v) is 4.28. The van der Waals surface area contributed by atoms with E-state index < -0.39 is 0 Å². The van der Waals surface area contributed by atoms with Crippen LogP contribution >= 0.6 is 27.3 Å². The molecule has 3 heteroatoms. The van der Waals surface area contributed by atoms with Crippen LogP contribution in [0.1, 0.15) is 31.2 Å². The maximum Gasteiger partial charge on any atom is 0.0753 e. The van der Waals surface area contributed by atoms with Crippen LogP contribution in [-0.4, -0.2) is 6.10 Å². The third kappa shape index (κ3) is 2.55. The van der Waals surface area contributed by atoms with Crippen molar-refractivity contribution >= 4 is 27.3 Å². The SMILES string of the molecule is Brc1sccc1COC1CCCC1. The number of ether oxygens (including phenoxy) is 1. The molecule has 0 spiro atoms. The van der Waals surface area contributed by atoms with Crippen LogP contribution < -0.4 is 0 Å². The van der Waals surface area contributed by atoms with Crippen molar-refractivity contribution < 1.29 is 4.74 Å². The molecule has 1 heterocycles. The van der Waals surface area contributed by atoms with Crippen molar-refractivity contribution in [3.8, 4) is 0 Å². The van der Waals surface area contributed by atoms with Crippen LogP contribution in [0, 0.1) is 0 Å². The minimum atomic E-state index is 0.520. The van der Waals surface area contributed by atoms with Crippen LogP contribution in [0.2, 0.25) is 0 Å². The van der Waals surface area contributed by atoms with Gasteiger partial charge in [-0.05, 0) is 40.2 Å². The average molecular weight is 261 g/mol. The van der Waals surface area contributed by atoms with Crippen molar-refractivity contribution in [1.29, 1.82) is 0 Å². The van der Waals surface area contributed by atoms with Crippen molar-refractivity contribution in [3.05, 3.63) is 20.8 Å². The van der Waals surface area contributed by atoms with Gasteiger partial charge in [-0.15, -0.1) is 11.3 Å². The summed E-state index contributed by atoms with van der Waals surface area (Å²) in [6.45, 7) is 0.773. The van der Waals surface area contributed by atoms with Crippen molar-refractivity contribution in [2.24, 2.45) is 0 Å². The second kappa shape index (κ2) is 4.58. The predicted molar refractivity (Wildman–Crippen MR) is 59.1 cm³/mol. The number of halogens is 1. The monoisotopic (exact) mass is 260 g/mol. The van der Waals surface area contributed by atoms with Gasteiger partial charge in [0.05, 0.1) is 16.5 Å². The van der Waals surface area contributed by atoms with Gasteiger partial charge < -0.3 is 4.74 Å². The molecular weight excluding hydrogens is 248 g/mol. The first-order valence-corrected chi connectivity index (χ1v) is 6.37. The fourth-order valence-corrected chi connectivity index (χ4v) is 2.89. The molecule has 2 rings (SSSR count). The van der Waals surface area contributed by atoms with E-state index in [1.807, 2.05) is 0 Å². The van der Waals surface area contributed by atoms with E-state index in [0.29, 0.717) is 6.10 Å². The molecule has 1 nitrogen and oxygen atoms in total. The van der Waals surface area contributed by atoms with Gasteiger partial charge in [-0.25, -0.2) is 0 Å². The van der Waals surface area contributed by atoms with E-state index in [9.17, 15) is 0 Å². The molecule has 0 saturated heterocycles. The summed E-state index contributed by atoms with van der Waals surface area (Å²) in [4.78, 5) is 0. The lowest BCUT2D eigenvalue weighted by Gasteiger charge is -2.09. The Morgan fingerprint density at radius 1 is 1.46 bits per heavy atom. The van der Waals surface area contributed by atoms with Gasteiger partial charge in [0.25, 0.3) is 0 Å². The van der Waals surface area contributed by atoms with Gasteiger partial charge in [-0.3, -0.25) is 0 Å². The van der Waals surface area contributed by atoms with Gasteiger partial charge in [0.15, 0.2) is 0 Å². The number of hydrogen-bond donors (Lipinski definition) is 0. The van der Waals surface area contributed by atoms with Crippen molar-refractivity contribution in [2.75, 3.05) is 0 Å². The molecule has 1 aromatic rings. The molecule has 72 valence electrons. The second-order valence-electron chi connectivity index (χ2n) is 3.44. The molecule has 1 saturated carbocycles. The Kier molecular flexibility index (Phi) is 3.41. The Morgan fingerprint density at radius 3 is 2.85 bits per heavy atom. The van der Waals surface area contributed by atoms with E-state index in [1.54, 1.807) is 11.3 Å². The maximum atomic E-state index is 5.80. The van der Waals surface area contributed by atoms with Gasteiger partial charge >= 0.3 is 0 Å². The Morgan fingerprint density at radius 2 is 2.23 bits per heavy atom. The molecule has 0 radical (unpaired) electrons. The summed E-state index contributed by atoms with van der Waals surface area (Å²) >= 11 is 5.24. The molecule has 1 aliphatic rings. The molecule has 13 heavy (non-hydrogen) atoms. The molecular formula is C10H13BrOS. The summed E-state index contributed by atoms with van der Waals surface area (Å²) in [5, 5.41) is 2.09. The molecule has 0 aromatic carbocycles. The van der Waals surface area contributed by atoms with Crippen LogP contribution in [0.25, 0.3) is 0 Å². The Labute approximate surface area is 91.2 Å². The zero-order chi connectivity index (χ0) is 9.10. The van der Waals surface area contributed by atoms with E-state index in [1.165, 1.54) is 35.0 Å². The largest absolute Gasteiger partial charge is 0.373 e. The third-order valence-electron chi connectivity index (χ3n) is 2.47. The maximum absolute atomic E-state index is 5.80. The molecule has 1 fully saturated rings. The minimum absolute atomic E-state index is 0.520. The van der Waals surface area contributed by atoms with E-state index in [4.69, 9.17) is 4.74 Å². The molecule has 0 unspecified atom stereocenters. The van der Waals surface area contributed by atoms with Crippen LogP contribution in [0.4, 0.5) is 0 Å². The number of hydrogen-bond acceptors (Lipinski definition) is 2. The lowest BCUT2D eigenvalue weighted by molar-refractivity contribution is 0.0456. The highest BCUT2D eigenvalue weighted by atomic mass is 79.9. The van der Waals surface area contributed by atoms with E-state index in [-0.39, 0.29) is 0 Å². The van der Waals surface area contributed by atoms with Gasteiger partial charge in [0.2, 0.25) is 0 Å². The van der Waals surface area contributed by atoms with Crippen LogP contribution in [0.15, 0.2) is 15.2 Å². The minimum Gasteiger partial charge on any atom is -0.373 e. The second-order valence-corrected chi connectivity index (χ2v) is 5.67. The lowest BCUT2D eigenvalue weighted by Crippen LogP contribution is -2.06. The highest BCUT2D eigenvalue weighted by Gasteiger charge is 2.15. The summed E-state index contributed by atoms with van der Waals surface area (Å²) < 4.78 is 7.02. The molecule has 0 aliphatic heterocycles. The molecule has 0 amide bonds. The molecule has 1 aromatic heterocycles. The van der Waals surface area contributed by atoms with E-state index in [0.717, 1.165) is 6.61 Å². The summed E-state index contributed by atoms with van der Waals surface area (Å²) in [5.74, 6) is 0. The topological polar surface area (TPSA) is 9.23 Å². The standard InChI is InChI=1S/C10H13BrOS/c11-10-8(5-6-13-10)7-12-9-3-1-2-4-9/h5-6,9H,1-4,7H2. The fourth-order valence-electron chi connectivity index (χ4n) is 1.68. The first-order valence-electron chi connectivity index (χ1n) is 4.70. The Hall–Kier alpha value is 0.140. The normalized spacial score (nSPS) is 18.2. The first kappa shape index (κ1) is 9.69. The van der Waals surface area contributed by atoms with E-state index in [2.05, 4.69) is 27.4 Å². The van der Waals surface area contributed by atoms with Crippen LogP contribution in [0.5, 0.6) is 0 Å². The van der Waals surface area contributed by atoms with Gasteiger partial charge in [0, 0.05) is 5.56 Å². The molecule has 0 bridgehead atoms. The Balaban J connectivity index is 1.82. The average Bonchev–Trinajstić information content (AvgIpc) is 2.72. The molecule has 0 N–H and O–H groups in total. The summed E-state index contributed by atoms with van der Waals surface area (Å²) in [6, 6.07) is 2.13. The predicted octanol–water partition coefficient (Wildman–Crippen LogP) is 3.97. The van der Waals surface area contributed by atoms with Crippen molar-refractivity contribution in [2.45, 2.75) is 38.4 Å². The van der Waals surface area contributed by atoms with E-state index >= 15 is 0 Å². The molecule has 1 aliphatic carbocycles. The zero-order valence-electron chi connectivity index (χ0n) is 7.46. The van der Waals surface area contributed by atoms with Gasteiger partial charge in [-0.1, -0.05) is 12.8 Å².